The predicted octanol–water partition coefficient (Wildman–Crippen LogP) is 5.37. The third-order valence-corrected chi connectivity index (χ3v) is 7.90. The first kappa shape index (κ1) is 27.0. The maximum atomic E-state index is 13.2. The fourth-order valence-electron chi connectivity index (χ4n) is 3.55. The first-order valence-electron chi connectivity index (χ1n) is 10.8. The number of sulfone groups is 1. The molecule has 0 radical (unpaired) electrons. The van der Waals surface area contributed by atoms with Gasteiger partial charge in [-0.2, -0.15) is 13.2 Å². The summed E-state index contributed by atoms with van der Waals surface area (Å²) >= 11 is 5.63. The van der Waals surface area contributed by atoms with Gasteiger partial charge in [-0.15, -0.1) is 0 Å². The largest absolute Gasteiger partial charge is 0.444 e. The van der Waals surface area contributed by atoms with E-state index in [1.54, 1.807) is 27.7 Å². The molecule has 0 unspecified atom stereocenters. The highest BCUT2D eigenvalue weighted by molar-refractivity contribution is 7.92. The lowest BCUT2D eigenvalue weighted by molar-refractivity contribution is -0.137. The van der Waals surface area contributed by atoms with Crippen molar-refractivity contribution in [1.82, 2.24) is 14.9 Å². The van der Waals surface area contributed by atoms with Gasteiger partial charge in [0.2, 0.25) is 5.95 Å². The Hall–Kier alpha value is -2.60. The van der Waals surface area contributed by atoms with E-state index in [1.165, 1.54) is 23.1 Å². The summed E-state index contributed by atoms with van der Waals surface area (Å²) in [6.07, 6.45) is -4.01. The van der Waals surface area contributed by atoms with Crippen LogP contribution in [0.1, 0.15) is 44.7 Å². The molecule has 1 aromatic heterocycles. The summed E-state index contributed by atoms with van der Waals surface area (Å²) in [7, 11) is -3.67. The van der Waals surface area contributed by atoms with Crippen molar-refractivity contribution >= 4 is 39.2 Å². The first-order valence-corrected chi connectivity index (χ1v) is 12.7. The molecule has 0 aliphatic carbocycles. The zero-order valence-electron chi connectivity index (χ0n) is 19.6. The number of piperidine rings is 1. The normalized spacial score (nSPS) is 15.7. The van der Waals surface area contributed by atoms with Crippen molar-refractivity contribution in [2.45, 2.75) is 62.5 Å². The summed E-state index contributed by atoms with van der Waals surface area (Å²) in [5.41, 5.74) is -0.846. The van der Waals surface area contributed by atoms with Crippen LogP contribution in [0.4, 0.5) is 29.6 Å². The zero-order chi connectivity index (χ0) is 26.2. The Bertz CT molecular complexity index is 1210. The molecule has 1 saturated heterocycles. The van der Waals surface area contributed by atoms with Gasteiger partial charge in [-0.05, 0) is 64.3 Å². The SMILES string of the molecule is Cc1cc(S(=O)(=O)C2CCN(C(=O)OC(C)(C)C)CC2)ccc1Nc1ncc(C(F)(F)F)c(Cl)n1. The van der Waals surface area contributed by atoms with Crippen LogP contribution in [-0.4, -0.2) is 53.3 Å². The molecule has 0 bridgehead atoms. The number of alkyl halides is 3. The molecule has 2 heterocycles. The second kappa shape index (κ2) is 9.81. The number of nitrogens with zero attached hydrogens (tertiary/aromatic N) is 3. The average Bonchev–Trinajstić information content (AvgIpc) is 2.73. The lowest BCUT2D eigenvalue weighted by atomic mass is 10.1. The number of ether oxygens (including phenoxy) is 1. The Balaban J connectivity index is 1.70. The van der Waals surface area contributed by atoms with E-state index < -0.39 is 43.7 Å². The Morgan fingerprint density at radius 1 is 1.20 bits per heavy atom. The molecule has 0 spiro atoms. The van der Waals surface area contributed by atoms with Gasteiger partial charge < -0.3 is 15.0 Å². The van der Waals surface area contributed by atoms with Crippen LogP contribution < -0.4 is 5.32 Å². The third-order valence-electron chi connectivity index (χ3n) is 5.35. The standard InChI is InChI=1S/C22H26ClF3N4O4S/c1-13-11-15(5-6-17(13)28-19-27-12-16(18(23)29-19)22(24,25)26)35(32,33)14-7-9-30(10-8-14)20(31)34-21(2,3)4/h5-6,11-12,14H,7-10H2,1-4H3,(H,27,28,29). The topological polar surface area (TPSA) is 101 Å². The van der Waals surface area contributed by atoms with E-state index in [4.69, 9.17) is 16.3 Å². The van der Waals surface area contributed by atoms with Gasteiger partial charge in [0, 0.05) is 25.0 Å². The molecular formula is C22H26ClF3N4O4S. The number of amides is 1. The molecule has 0 atom stereocenters. The molecular weight excluding hydrogens is 509 g/mol. The number of likely N-dealkylation sites (tertiary alicyclic amines) is 1. The van der Waals surface area contributed by atoms with Gasteiger partial charge in [0.15, 0.2) is 9.84 Å². The van der Waals surface area contributed by atoms with E-state index in [9.17, 15) is 26.4 Å². The molecule has 3 rings (SSSR count). The Kier molecular flexibility index (Phi) is 7.56. The van der Waals surface area contributed by atoms with Crippen LogP contribution in [-0.2, 0) is 20.8 Å². The second-order valence-corrected chi connectivity index (χ2v) is 11.8. The van der Waals surface area contributed by atoms with Crippen molar-refractivity contribution in [3.8, 4) is 0 Å². The fraction of sp³-hybridized carbons (Fsp3) is 0.500. The summed E-state index contributed by atoms with van der Waals surface area (Å²) in [5, 5.41) is 1.36. The molecule has 1 aromatic carbocycles. The Labute approximate surface area is 206 Å². The van der Waals surface area contributed by atoms with Gasteiger partial charge in [0.05, 0.1) is 10.1 Å². The van der Waals surface area contributed by atoms with Crippen LogP contribution in [0.15, 0.2) is 29.3 Å². The molecule has 1 aliphatic heterocycles. The highest BCUT2D eigenvalue weighted by Crippen LogP contribution is 2.34. The maximum Gasteiger partial charge on any atom is 0.420 e. The molecule has 1 aliphatic rings. The summed E-state index contributed by atoms with van der Waals surface area (Å²) in [6, 6.07) is 4.38. The third kappa shape index (κ3) is 6.54. The number of rotatable bonds is 4. The number of hydrogen-bond acceptors (Lipinski definition) is 7. The number of halogens is 4. The number of carbonyl (C=O) groups excluding carboxylic acids is 1. The molecule has 1 amide bonds. The van der Waals surface area contributed by atoms with E-state index in [2.05, 4.69) is 15.3 Å². The van der Waals surface area contributed by atoms with Crippen LogP contribution in [0.2, 0.25) is 5.15 Å². The van der Waals surface area contributed by atoms with Gasteiger partial charge in [-0.1, -0.05) is 11.6 Å². The van der Waals surface area contributed by atoms with Crippen molar-refractivity contribution in [2.24, 2.45) is 0 Å². The van der Waals surface area contributed by atoms with Crippen molar-refractivity contribution in [2.75, 3.05) is 18.4 Å². The highest BCUT2D eigenvalue weighted by Gasteiger charge is 2.35. The summed E-state index contributed by atoms with van der Waals surface area (Å²) < 4.78 is 70.2. The van der Waals surface area contributed by atoms with Gasteiger partial charge in [0.1, 0.15) is 16.3 Å². The van der Waals surface area contributed by atoms with Crippen molar-refractivity contribution in [3.05, 3.63) is 40.7 Å². The number of aryl methyl sites for hydroxylation is 1. The minimum atomic E-state index is -4.68. The number of carbonyl (C=O) groups is 1. The van der Waals surface area contributed by atoms with Crippen LogP contribution in [0.25, 0.3) is 0 Å². The molecule has 1 N–H and O–H groups in total. The monoisotopic (exact) mass is 534 g/mol. The zero-order valence-corrected chi connectivity index (χ0v) is 21.2. The number of aromatic nitrogens is 2. The van der Waals surface area contributed by atoms with Crippen LogP contribution in [0.3, 0.4) is 0 Å². The van der Waals surface area contributed by atoms with Crippen LogP contribution >= 0.6 is 11.6 Å². The minimum absolute atomic E-state index is 0.114. The maximum absolute atomic E-state index is 13.2. The van der Waals surface area contributed by atoms with E-state index in [1.807, 2.05) is 0 Å². The van der Waals surface area contributed by atoms with E-state index in [-0.39, 0.29) is 36.8 Å². The molecule has 13 heteroatoms. The lowest BCUT2D eigenvalue weighted by Gasteiger charge is -2.33. The summed E-state index contributed by atoms with van der Waals surface area (Å²) in [6.45, 7) is 7.48. The van der Waals surface area contributed by atoms with E-state index in [0.29, 0.717) is 17.4 Å². The number of nitrogens with one attached hydrogen (secondary N) is 1. The molecule has 1 fully saturated rings. The minimum Gasteiger partial charge on any atom is -0.444 e. The summed E-state index contributed by atoms with van der Waals surface area (Å²) in [4.78, 5) is 21.1. The number of hydrogen-bond donors (Lipinski definition) is 1. The highest BCUT2D eigenvalue weighted by atomic mass is 35.5. The molecule has 35 heavy (non-hydrogen) atoms. The Morgan fingerprint density at radius 2 is 1.83 bits per heavy atom. The van der Waals surface area contributed by atoms with Crippen molar-refractivity contribution in [3.63, 3.8) is 0 Å². The second-order valence-electron chi connectivity index (χ2n) is 9.21. The van der Waals surface area contributed by atoms with Gasteiger partial charge in [-0.25, -0.2) is 23.2 Å². The van der Waals surface area contributed by atoms with Gasteiger partial charge >= 0.3 is 12.3 Å². The van der Waals surface area contributed by atoms with Crippen molar-refractivity contribution in [1.29, 1.82) is 0 Å². The van der Waals surface area contributed by atoms with E-state index >= 15 is 0 Å². The van der Waals surface area contributed by atoms with Crippen LogP contribution in [0.5, 0.6) is 0 Å². The molecule has 192 valence electrons. The van der Waals surface area contributed by atoms with Gasteiger partial charge in [-0.3, -0.25) is 0 Å². The van der Waals surface area contributed by atoms with Gasteiger partial charge in [0.25, 0.3) is 0 Å². The molecule has 8 nitrogen and oxygen atoms in total. The number of benzene rings is 1. The first-order chi connectivity index (χ1) is 16.1. The fourth-order valence-corrected chi connectivity index (χ4v) is 5.60. The predicted molar refractivity (Wildman–Crippen MR) is 125 cm³/mol. The molecule has 0 saturated carbocycles. The smallest absolute Gasteiger partial charge is 0.420 e. The van der Waals surface area contributed by atoms with E-state index in [0.717, 1.165) is 0 Å². The average molecular weight is 535 g/mol. The molecule has 2 aromatic rings. The summed E-state index contributed by atoms with van der Waals surface area (Å²) in [5.74, 6) is -0.156. The van der Waals surface area contributed by atoms with Crippen LogP contribution in [0, 0.1) is 6.92 Å². The Morgan fingerprint density at radius 3 is 2.34 bits per heavy atom. The quantitative estimate of drug-likeness (QED) is 0.526. The lowest BCUT2D eigenvalue weighted by Crippen LogP contribution is -2.44. The number of anilines is 2. The van der Waals surface area contributed by atoms with Crippen molar-refractivity contribution < 1.29 is 31.1 Å².